The van der Waals surface area contributed by atoms with E-state index in [-0.39, 0.29) is 5.38 Å². The second-order valence-electron chi connectivity index (χ2n) is 4.11. The SMILES string of the molecule is CC1CCCC1C(Cl)c1sccc1Br. The molecule has 0 aromatic carbocycles. The molecule has 1 aromatic rings. The van der Waals surface area contributed by atoms with Crippen LogP contribution in [0, 0.1) is 11.8 Å². The largest absolute Gasteiger partial charge is 0.146 e. The topological polar surface area (TPSA) is 0 Å². The van der Waals surface area contributed by atoms with Crippen molar-refractivity contribution in [2.24, 2.45) is 11.8 Å². The maximum atomic E-state index is 6.53. The normalized spacial score (nSPS) is 29.4. The van der Waals surface area contributed by atoms with Crippen molar-refractivity contribution in [1.82, 2.24) is 0 Å². The Morgan fingerprint density at radius 2 is 2.36 bits per heavy atom. The van der Waals surface area contributed by atoms with Crippen LogP contribution in [-0.4, -0.2) is 0 Å². The molecule has 1 aromatic heterocycles. The lowest BCUT2D eigenvalue weighted by Crippen LogP contribution is -2.10. The van der Waals surface area contributed by atoms with Gasteiger partial charge in [-0.05, 0) is 45.6 Å². The summed E-state index contributed by atoms with van der Waals surface area (Å²) < 4.78 is 1.18. The highest BCUT2D eigenvalue weighted by molar-refractivity contribution is 9.10. The first-order valence-corrected chi connectivity index (χ1v) is 7.18. The molecule has 3 heteroatoms. The van der Waals surface area contributed by atoms with Gasteiger partial charge < -0.3 is 0 Å². The first-order chi connectivity index (χ1) is 6.70. The summed E-state index contributed by atoms with van der Waals surface area (Å²) in [4.78, 5) is 1.31. The predicted octanol–water partition coefficient (Wildman–Crippen LogP) is 5.23. The van der Waals surface area contributed by atoms with E-state index in [1.54, 1.807) is 11.3 Å². The first kappa shape index (κ1) is 11.0. The second-order valence-corrected chi connectivity index (χ2v) is 6.38. The highest BCUT2D eigenvalue weighted by atomic mass is 79.9. The van der Waals surface area contributed by atoms with E-state index in [0.29, 0.717) is 5.92 Å². The fourth-order valence-corrected chi connectivity index (χ4v) is 4.75. The van der Waals surface area contributed by atoms with E-state index in [1.165, 1.54) is 28.6 Å². The maximum absolute atomic E-state index is 6.53. The van der Waals surface area contributed by atoms with Crippen molar-refractivity contribution in [2.45, 2.75) is 31.6 Å². The van der Waals surface area contributed by atoms with Gasteiger partial charge in [-0.25, -0.2) is 0 Å². The number of thiophene rings is 1. The first-order valence-electron chi connectivity index (χ1n) is 5.07. The van der Waals surface area contributed by atoms with Crippen molar-refractivity contribution in [2.75, 3.05) is 0 Å². The number of hydrogen-bond donors (Lipinski definition) is 0. The van der Waals surface area contributed by atoms with Gasteiger partial charge in [-0.1, -0.05) is 19.8 Å². The Balaban J connectivity index is 2.15. The molecule has 14 heavy (non-hydrogen) atoms. The number of alkyl halides is 1. The van der Waals surface area contributed by atoms with E-state index in [1.807, 2.05) is 0 Å². The van der Waals surface area contributed by atoms with Gasteiger partial charge in [0.2, 0.25) is 0 Å². The van der Waals surface area contributed by atoms with Crippen LogP contribution in [0.2, 0.25) is 0 Å². The molecule has 0 nitrogen and oxygen atoms in total. The van der Waals surface area contributed by atoms with Crippen LogP contribution in [0.5, 0.6) is 0 Å². The summed E-state index contributed by atoms with van der Waals surface area (Å²) >= 11 is 11.9. The summed E-state index contributed by atoms with van der Waals surface area (Å²) in [7, 11) is 0. The predicted molar refractivity (Wildman–Crippen MR) is 67.1 cm³/mol. The molecule has 1 fully saturated rings. The summed E-state index contributed by atoms with van der Waals surface area (Å²) in [5.41, 5.74) is 0. The van der Waals surface area contributed by atoms with Crippen molar-refractivity contribution in [3.8, 4) is 0 Å². The molecule has 0 aliphatic heterocycles. The van der Waals surface area contributed by atoms with Crippen molar-refractivity contribution < 1.29 is 0 Å². The van der Waals surface area contributed by atoms with Crippen LogP contribution in [0.15, 0.2) is 15.9 Å². The van der Waals surface area contributed by atoms with Crippen LogP contribution in [-0.2, 0) is 0 Å². The zero-order valence-electron chi connectivity index (χ0n) is 8.17. The van der Waals surface area contributed by atoms with E-state index in [0.717, 1.165) is 5.92 Å². The number of rotatable bonds is 2. The average molecular weight is 294 g/mol. The smallest absolute Gasteiger partial charge is 0.0720 e. The average Bonchev–Trinajstić information content (AvgIpc) is 2.73. The van der Waals surface area contributed by atoms with Gasteiger partial charge in [0.25, 0.3) is 0 Å². The standard InChI is InChI=1S/C11H14BrClS/c1-7-3-2-4-8(7)10(13)11-9(12)5-6-14-11/h5-8,10H,2-4H2,1H3. The molecular weight excluding hydrogens is 280 g/mol. The molecule has 0 spiro atoms. The molecule has 0 amide bonds. The zero-order chi connectivity index (χ0) is 10.1. The van der Waals surface area contributed by atoms with Crippen LogP contribution in [0.1, 0.15) is 36.4 Å². The second kappa shape index (κ2) is 4.54. The van der Waals surface area contributed by atoms with Gasteiger partial charge >= 0.3 is 0 Å². The van der Waals surface area contributed by atoms with E-state index >= 15 is 0 Å². The Labute approximate surface area is 103 Å². The van der Waals surface area contributed by atoms with Crippen molar-refractivity contribution in [3.63, 3.8) is 0 Å². The molecule has 1 saturated carbocycles. The highest BCUT2D eigenvalue weighted by Gasteiger charge is 2.31. The quantitative estimate of drug-likeness (QED) is 0.655. The Morgan fingerprint density at radius 1 is 1.57 bits per heavy atom. The van der Waals surface area contributed by atoms with Crippen molar-refractivity contribution in [3.05, 3.63) is 20.8 Å². The minimum atomic E-state index is 0.210. The lowest BCUT2D eigenvalue weighted by atomic mass is 9.93. The van der Waals surface area contributed by atoms with Gasteiger partial charge in [-0.3, -0.25) is 0 Å². The minimum absolute atomic E-state index is 0.210. The van der Waals surface area contributed by atoms with Gasteiger partial charge in [0.1, 0.15) is 0 Å². The molecule has 1 aliphatic rings. The molecule has 3 unspecified atom stereocenters. The lowest BCUT2D eigenvalue weighted by molar-refractivity contribution is 0.408. The van der Waals surface area contributed by atoms with Gasteiger partial charge in [0.05, 0.1) is 5.38 Å². The molecule has 1 aliphatic carbocycles. The third kappa shape index (κ3) is 2.02. The molecule has 1 heterocycles. The lowest BCUT2D eigenvalue weighted by Gasteiger charge is -2.20. The monoisotopic (exact) mass is 292 g/mol. The summed E-state index contributed by atoms with van der Waals surface area (Å²) in [5, 5.41) is 2.32. The van der Waals surface area contributed by atoms with Crippen LogP contribution in [0.25, 0.3) is 0 Å². The Hall–Kier alpha value is 0.470. The van der Waals surface area contributed by atoms with Gasteiger partial charge in [0, 0.05) is 9.35 Å². The van der Waals surface area contributed by atoms with Gasteiger partial charge in [0.15, 0.2) is 0 Å². The molecule has 0 radical (unpaired) electrons. The summed E-state index contributed by atoms with van der Waals surface area (Å²) in [6.45, 7) is 2.33. The van der Waals surface area contributed by atoms with Gasteiger partial charge in [-0.15, -0.1) is 22.9 Å². The molecule has 2 rings (SSSR count). The van der Waals surface area contributed by atoms with Gasteiger partial charge in [-0.2, -0.15) is 0 Å². The summed E-state index contributed by atoms with van der Waals surface area (Å²) in [5.74, 6) is 1.46. The number of hydrogen-bond acceptors (Lipinski definition) is 1. The molecule has 0 N–H and O–H groups in total. The third-order valence-electron chi connectivity index (χ3n) is 3.20. The zero-order valence-corrected chi connectivity index (χ0v) is 11.3. The van der Waals surface area contributed by atoms with E-state index in [9.17, 15) is 0 Å². The molecule has 3 atom stereocenters. The van der Waals surface area contributed by atoms with E-state index < -0.39 is 0 Å². The van der Waals surface area contributed by atoms with E-state index in [2.05, 4.69) is 34.3 Å². The Bertz CT molecular complexity index is 310. The van der Waals surface area contributed by atoms with Crippen molar-refractivity contribution in [1.29, 1.82) is 0 Å². The molecule has 0 saturated heterocycles. The van der Waals surface area contributed by atoms with Crippen molar-refractivity contribution >= 4 is 38.9 Å². The van der Waals surface area contributed by atoms with Crippen LogP contribution in [0.3, 0.4) is 0 Å². The summed E-state index contributed by atoms with van der Waals surface area (Å²) in [6, 6.07) is 2.09. The minimum Gasteiger partial charge on any atom is -0.146 e. The molecule has 0 bridgehead atoms. The Morgan fingerprint density at radius 3 is 2.86 bits per heavy atom. The van der Waals surface area contributed by atoms with E-state index in [4.69, 9.17) is 11.6 Å². The molecule has 78 valence electrons. The maximum Gasteiger partial charge on any atom is 0.0720 e. The van der Waals surface area contributed by atoms with Crippen LogP contribution in [0.4, 0.5) is 0 Å². The Kier molecular flexibility index (Phi) is 3.56. The fourth-order valence-electron chi connectivity index (χ4n) is 2.31. The summed E-state index contributed by atoms with van der Waals surface area (Å²) in [6.07, 6.45) is 3.98. The van der Waals surface area contributed by atoms with Crippen LogP contribution >= 0.6 is 38.9 Å². The van der Waals surface area contributed by atoms with Crippen LogP contribution < -0.4 is 0 Å². The third-order valence-corrected chi connectivity index (χ3v) is 5.82. The number of halogens is 2. The fraction of sp³-hybridized carbons (Fsp3) is 0.636. The highest BCUT2D eigenvalue weighted by Crippen LogP contribution is 2.46. The molecular formula is C11H14BrClS.